The summed E-state index contributed by atoms with van der Waals surface area (Å²) in [6.45, 7) is 5.31. The third-order valence-corrected chi connectivity index (χ3v) is 4.38. The fraction of sp³-hybridized carbons (Fsp3) is 0.222. The summed E-state index contributed by atoms with van der Waals surface area (Å²) in [5.74, 6) is -0.135. The molecule has 120 valence electrons. The number of hydrogen-bond donors (Lipinski definition) is 2. The Labute approximate surface area is 144 Å². The SMILES string of the molecule is CC(=O)c1ccc(NC(=O)[C@@H](C)Nc2ccc(Br)c(C)c2)cc1. The van der Waals surface area contributed by atoms with Gasteiger partial charge in [0, 0.05) is 21.4 Å². The molecule has 0 aliphatic rings. The fourth-order valence-electron chi connectivity index (χ4n) is 2.09. The van der Waals surface area contributed by atoms with Crippen molar-refractivity contribution in [1.29, 1.82) is 0 Å². The number of hydrogen-bond acceptors (Lipinski definition) is 3. The van der Waals surface area contributed by atoms with Gasteiger partial charge in [0.25, 0.3) is 0 Å². The lowest BCUT2D eigenvalue weighted by Gasteiger charge is -2.16. The topological polar surface area (TPSA) is 58.2 Å². The average molecular weight is 375 g/mol. The van der Waals surface area contributed by atoms with Crippen LogP contribution < -0.4 is 10.6 Å². The lowest BCUT2D eigenvalue weighted by atomic mass is 10.1. The van der Waals surface area contributed by atoms with Crippen LogP contribution >= 0.6 is 15.9 Å². The highest BCUT2D eigenvalue weighted by atomic mass is 79.9. The molecule has 2 aromatic rings. The number of carbonyl (C=O) groups is 2. The van der Waals surface area contributed by atoms with E-state index >= 15 is 0 Å². The molecule has 0 radical (unpaired) electrons. The molecule has 0 aliphatic heterocycles. The standard InChI is InChI=1S/C18H19BrN2O2/c1-11-10-16(8-9-17(11)19)20-12(2)18(23)21-15-6-4-14(5-7-15)13(3)22/h4-10,12,20H,1-3H3,(H,21,23)/t12-/m1/s1. The first-order valence-corrected chi connectivity index (χ1v) is 8.10. The molecule has 1 atom stereocenters. The van der Waals surface area contributed by atoms with Crippen LogP contribution in [0.3, 0.4) is 0 Å². The highest BCUT2D eigenvalue weighted by Gasteiger charge is 2.13. The Bertz CT molecular complexity index is 726. The molecule has 4 nitrogen and oxygen atoms in total. The molecule has 0 saturated carbocycles. The Morgan fingerprint density at radius 3 is 2.22 bits per heavy atom. The predicted molar refractivity (Wildman–Crippen MR) is 97.0 cm³/mol. The molecule has 0 saturated heterocycles. The van der Waals surface area contributed by atoms with Gasteiger partial charge in [-0.15, -0.1) is 0 Å². The number of rotatable bonds is 5. The zero-order valence-electron chi connectivity index (χ0n) is 13.3. The summed E-state index contributed by atoms with van der Waals surface area (Å²) in [5, 5.41) is 6.00. The van der Waals surface area contributed by atoms with Gasteiger partial charge in [-0.05, 0) is 68.8 Å². The summed E-state index contributed by atoms with van der Waals surface area (Å²) in [7, 11) is 0. The van der Waals surface area contributed by atoms with Crippen LogP contribution in [0.1, 0.15) is 29.8 Å². The summed E-state index contributed by atoms with van der Waals surface area (Å²) < 4.78 is 1.03. The number of anilines is 2. The van der Waals surface area contributed by atoms with Gasteiger partial charge in [0.2, 0.25) is 5.91 Å². The van der Waals surface area contributed by atoms with Crippen LogP contribution in [0.2, 0.25) is 0 Å². The summed E-state index contributed by atoms with van der Waals surface area (Å²) in [5.41, 5.74) is 3.28. The van der Waals surface area contributed by atoms with Crippen molar-refractivity contribution < 1.29 is 9.59 Å². The Kier molecular flexibility index (Phi) is 5.55. The number of halogens is 1. The molecule has 0 spiro atoms. The summed E-state index contributed by atoms with van der Waals surface area (Å²) >= 11 is 3.45. The molecule has 0 fully saturated rings. The Morgan fingerprint density at radius 2 is 1.65 bits per heavy atom. The number of amides is 1. The van der Waals surface area contributed by atoms with Crippen molar-refractivity contribution in [3.8, 4) is 0 Å². The van der Waals surface area contributed by atoms with E-state index in [9.17, 15) is 9.59 Å². The van der Waals surface area contributed by atoms with Crippen LogP contribution in [0.5, 0.6) is 0 Å². The monoisotopic (exact) mass is 374 g/mol. The van der Waals surface area contributed by atoms with E-state index in [1.54, 1.807) is 31.2 Å². The van der Waals surface area contributed by atoms with Gasteiger partial charge in [-0.1, -0.05) is 15.9 Å². The van der Waals surface area contributed by atoms with Gasteiger partial charge in [-0.3, -0.25) is 9.59 Å². The summed E-state index contributed by atoms with van der Waals surface area (Å²) in [4.78, 5) is 23.5. The molecule has 0 heterocycles. The highest BCUT2D eigenvalue weighted by molar-refractivity contribution is 9.10. The first-order chi connectivity index (χ1) is 10.9. The number of carbonyl (C=O) groups excluding carboxylic acids is 2. The van der Waals surface area contributed by atoms with Crippen molar-refractivity contribution >= 4 is 39.0 Å². The molecule has 0 bridgehead atoms. The minimum absolute atomic E-state index is 0.00326. The normalized spacial score (nSPS) is 11.7. The largest absolute Gasteiger partial charge is 0.374 e. The Morgan fingerprint density at radius 1 is 1.04 bits per heavy atom. The second kappa shape index (κ2) is 7.42. The quantitative estimate of drug-likeness (QED) is 0.762. The van der Waals surface area contributed by atoms with Crippen molar-refractivity contribution in [2.45, 2.75) is 26.8 Å². The lowest BCUT2D eigenvalue weighted by Crippen LogP contribution is -2.31. The molecular formula is C18H19BrN2O2. The second-order valence-corrected chi connectivity index (χ2v) is 6.31. The van der Waals surface area contributed by atoms with Gasteiger partial charge in [-0.2, -0.15) is 0 Å². The van der Waals surface area contributed by atoms with E-state index in [-0.39, 0.29) is 17.7 Å². The second-order valence-electron chi connectivity index (χ2n) is 5.45. The van der Waals surface area contributed by atoms with Crippen LogP contribution in [0, 0.1) is 6.92 Å². The molecule has 0 unspecified atom stereocenters. The van der Waals surface area contributed by atoms with E-state index < -0.39 is 0 Å². The van der Waals surface area contributed by atoms with Crippen molar-refractivity contribution in [2.24, 2.45) is 0 Å². The first-order valence-electron chi connectivity index (χ1n) is 7.31. The van der Waals surface area contributed by atoms with Crippen LogP contribution in [-0.4, -0.2) is 17.7 Å². The predicted octanol–water partition coefficient (Wildman–Crippen LogP) is 4.40. The molecule has 23 heavy (non-hydrogen) atoms. The molecule has 0 aromatic heterocycles. The van der Waals surface area contributed by atoms with Crippen LogP contribution in [0.15, 0.2) is 46.9 Å². The smallest absolute Gasteiger partial charge is 0.246 e. The number of aryl methyl sites for hydroxylation is 1. The van der Waals surface area contributed by atoms with Crippen LogP contribution in [0.4, 0.5) is 11.4 Å². The molecule has 2 N–H and O–H groups in total. The van der Waals surface area contributed by atoms with Gasteiger partial charge in [0.1, 0.15) is 6.04 Å². The number of Topliss-reactive ketones (excluding diaryl/α,β-unsaturated/α-hetero) is 1. The zero-order valence-corrected chi connectivity index (χ0v) is 14.9. The van der Waals surface area contributed by atoms with Crippen molar-refractivity contribution in [3.05, 3.63) is 58.1 Å². The third kappa shape index (κ3) is 4.66. The molecule has 2 aromatic carbocycles. The maximum Gasteiger partial charge on any atom is 0.246 e. The van der Waals surface area contributed by atoms with Gasteiger partial charge >= 0.3 is 0 Å². The number of nitrogens with one attached hydrogen (secondary N) is 2. The zero-order chi connectivity index (χ0) is 17.0. The summed E-state index contributed by atoms with van der Waals surface area (Å²) in [6.07, 6.45) is 0. The minimum Gasteiger partial charge on any atom is -0.374 e. The summed E-state index contributed by atoms with van der Waals surface area (Å²) in [6, 6.07) is 12.3. The molecule has 2 rings (SSSR count). The van der Waals surface area contributed by atoms with Crippen LogP contribution in [-0.2, 0) is 4.79 Å². The Hall–Kier alpha value is -2.14. The van der Waals surface area contributed by atoms with Gasteiger partial charge in [-0.25, -0.2) is 0 Å². The van der Waals surface area contributed by atoms with Gasteiger partial charge in [0.15, 0.2) is 5.78 Å². The van der Waals surface area contributed by atoms with Gasteiger partial charge in [0.05, 0.1) is 0 Å². The van der Waals surface area contributed by atoms with E-state index in [1.807, 2.05) is 25.1 Å². The number of ketones is 1. The lowest BCUT2D eigenvalue weighted by molar-refractivity contribution is -0.116. The fourth-order valence-corrected chi connectivity index (χ4v) is 2.34. The van der Waals surface area contributed by atoms with Crippen LogP contribution in [0.25, 0.3) is 0 Å². The third-order valence-electron chi connectivity index (χ3n) is 3.49. The van der Waals surface area contributed by atoms with E-state index in [2.05, 4.69) is 26.6 Å². The van der Waals surface area contributed by atoms with E-state index in [0.717, 1.165) is 15.7 Å². The molecular weight excluding hydrogens is 356 g/mol. The average Bonchev–Trinajstić information content (AvgIpc) is 2.51. The number of benzene rings is 2. The first kappa shape index (κ1) is 17.2. The van der Waals surface area contributed by atoms with E-state index in [1.165, 1.54) is 6.92 Å². The van der Waals surface area contributed by atoms with Crippen molar-refractivity contribution in [2.75, 3.05) is 10.6 Å². The maximum atomic E-state index is 12.2. The molecule has 1 amide bonds. The van der Waals surface area contributed by atoms with Crippen molar-refractivity contribution in [3.63, 3.8) is 0 Å². The molecule has 5 heteroatoms. The van der Waals surface area contributed by atoms with E-state index in [0.29, 0.717) is 11.3 Å². The minimum atomic E-state index is -0.386. The maximum absolute atomic E-state index is 12.2. The van der Waals surface area contributed by atoms with Crippen molar-refractivity contribution in [1.82, 2.24) is 0 Å². The molecule has 0 aliphatic carbocycles. The van der Waals surface area contributed by atoms with Gasteiger partial charge < -0.3 is 10.6 Å². The van der Waals surface area contributed by atoms with E-state index in [4.69, 9.17) is 0 Å². The Balaban J connectivity index is 1.99. The highest BCUT2D eigenvalue weighted by Crippen LogP contribution is 2.20.